The van der Waals surface area contributed by atoms with E-state index < -0.39 is 18.1 Å². The summed E-state index contributed by atoms with van der Waals surface area (Å²) >= 11 is 0. The summed E-state index contributed by atoms with van der Waals surface area (Å²) in [5, 5.41) is 11.7. The molecule has 0 aliphatic carbocycles. The van der Waals surface area contributed by atoms with E-state index in [-0.39, 0.29) is 49.1 Å². The number of likely N-dealkylation sites (N-methyl/N-ethyl adjacent to an activating group) is 1. The van der Waals surface area contributed by atoms with Crippen LogP contribution in [0, 0.1) is 0 Å². The lowest BCUT2D eigenvalue weighted by Crippen LogP contribution is -2.55. The Bertz CT molecular complexity index is 1290. The minimum Gasteiger partial charge on any atom is -0.544 e. The van der Waals surface area contributed by atoms with E-state index in [1.807, 2.05) is 0 Å². The highest BCUT2D eigenvalue weighted by molar-refractivity contribution is 5.70. The van der Waals surface area contributed by atoms with E-state index in [4.69, 9.17) is 14.2 Å². The molecule has 0 aliphatic heterocycles. The van der Waals surface area contributed by atoms with Crippen LogP contribution in [0.1, 0.15) is 187 Å². The number of quaternary nitrogens is 1. The zero-order valence-electron chi connectivity index (χ0n) is 40.3. The Balaban J connectivity index is 4.32. The summed E-state index contributed by atoms with van der Waals surface area (Å²) in [6.45, 7) is 4.39. The summed E-state index contributed by atoms with van der Waals surface area (Å²) in [5.74, 6) is -1.82. The maximum absolute atomic E-state index is 12.7. The average molecular weight is 866 g/mol. The number of esters is 2. The van der Waals surface area contributed by atoms with Crippen LogP contribution in [0.5, 0.6) is 0 Å². The van der Waals surface area contributed by atoms with Gasteiger partial charge in [0.05, 0.1) is 40.3 Å². The van der Waals surface area contributed by atoms with Crippen molar-refractivity contribution in [2.45, 2.75) is 199 Å². The lowest BCUT2D eigenvalue weighted by Gasteiger charge is -2.34. The van der Waals surface area contributed by atoms with Gasteiger partial charge < -0.3 is 28.6 Å². The molecule has 8 nitrogen and oxygen atoms in total. The minimum absolute atomic E-state index is 0.0144. The zero-order valence-corrected chi connectivity index (χ0v) is 40.3. The molecule has 0 rings (SSSR count). The number of carbonyl (C=O) groups excluding carboxylic acids is 3. The van der Waals surface area contributed by atoms with Crippen molar-refractivity contribution < 1.29 is 38.2 Å². The van der Waals surface area contributed by atoms with Gasteiger partial charge in [-0.15, -0.1) is 0 Å². The highest BCUT2D eigenvalue weighted by Crippen LogP contribution is 2.15. The molecule has 354 valence electrons. The van der Waals surface area contributed by atoms with Crippen LogP contribution in [0.3, 0.4) is 0 Å². The van der Waals surface area contributed by atoms with Crippen LogP contribution in [0.25, 0.3) is 0 Å². The molecule has 2 unspecified atom stereocenters. The number of ether oxygens (including phenoxy) is 3. The number of carbonyl (C=O) groups is 3. The summed E-state index contributed by atoms with van der Waals surface area (Å²) in [7, 11) is 5.39. The van der Waals surface area contributed by atoms with Crippen molar-refractivity contribution in [1.82, 2.24) is 0 Å². The van der Waals surface area contributed by atoms with Crippen molar-refractivity contribution in [3.8, 4) is 0 Å². The molecule has 0 aromatic rings. The van der Waals surface area contributed by atoms with Crippen molar-refractivity contribution in [3.05, 3.63) is 85.1 Å². The van der Waals surface area contributed by atoms with Gasteiger partial charge in [-0.2, -0.15) is 0 Å². The van der Waals surface area contributed by atoms with E-state index in [1.54, 1.807) is 21.1 Å². The molecule has 0 saturated carbocycles. The third-order valence-electron chi connectivity index (χ3n) is 10.5. The number of allylic oxidation sites excluding steroid dienone is 14. The number of hydrogen-bond donors (Lipinski definition) is 0. The van der Waals surface area contributed by atoms with Crippen LogP contribution < -0.4 is 5.11 Å². The fourth-order valence-electron chi connectivity index (χ4n) is 6.79. The Morgan fingerprint density at radius 2 is 0.871 bits per heavy atom. The molecule has 2 atom stereocenters. The predicted octanol–water partition coefficient (Wildman–Crippen LogP) is 12.7. The van der Waals surface area contributed by atoms with E-state index in [9.17, 15) is 19.5 Å². The molecule has 8 heteroatoms. The Morgan fingerprint density at radius 3 is 1.31 bits per heavy atom. The second-order valence-corrected chi connectivity index (χ2v) is 17.3. The molecular formula is C54H91NO7. The van der Waals surface area contributed by atoms with Crippen LogP contribution >= 0.6 is 0 Å². The first-order valence-electron chi connectivity index (χ1n) is 24.6. The van der Waals surface area contributed by atoms with E-state index in [1.165, 1.54) is 77.0 Å². The average Bonchev–Trinajstić information content (AvgIpc) is 3.23. The zero-order chi connectivity index (χ0) is 45.6. The SMILES string of the molecule is CC/C=C/C/C=C/C/C=C/C/C=C/C/C=C/CCCC(=O)OC(COCCC(C(=O)[O-])[N+](C)(C)C)COC(=O)CCCCCCCCCCCCCCCC/C=C/C/C=C/CC. The van der Waals surface area contributed by atoms with E-state index in [0.29, 0.717) is 12.8 Å². The minimum atomic E-state index is -1.14. The van der Waals surface area contributed by atoms with E-state index >= 15 is 0 Å². The number of aliphatic carboxylic acids is 1. The lowest BCUT2D eigenvalue weighted by molar-refractivity contribution is -0.889. The Hall–Kier alpha value is -3.49. The molecule has 0 amide bonds. The molecule has 0 aliphatic rings. The van der Waals surface area contributed by atoms with Gasteiger partial charge in [-0.1, -0.05) is 176 Å². The standard InChI is InChI=1S/C54H91NO7/c1-6-8-10-12-14-16-18-20-22-24-25-26-27-29-30-32-34-36-38-40-42-44-52(56)61-49-50(48-60-47-46-51(54(58)59)55(3,4)5)62-53(57)45-43-41-39-37-35-33-31-28-23-21-19-17-15-13-11-9-7-2/h8-11,14-17,21,23,31,33,37,39,50-51H,6-7,12-13,18-20,22,24-30,32,34-36,38,40-49H2,1-5H3/b10-8+,11-9+,16-14+,17-15+,23-21+,33-31+,39-37+. The first kappa shape index (κ1) is 58.5. The molecule has 0 spiro atoms. The Morgan fingerprint density at radius 1 is 0.484 bits per heavy atom. The molecule has 0 saturated heterocycles. The molecule has 0 fully saturated rings. The highest BCUT2D eigenvalue weighted by atomic mass is 16.6. The van der Waals surface area contributed by atoms with Gasteiger partial charge in [0.1, 0.15) is 12.6 Å². The van der Waals surface area contributed by atoms with Gasteiger partial charge in [0, 0.05) is 19.3 Å². The van der Waals surface area contributed by atoms with Crippen LogP contribution in [-0.4, -0.2) is 75.5 Å². The molecular weight excluding hydrogens is 775 g/mol. The van der Waals surface area contributed by atoms with Crippen LogP contribution in [0.15, 0.2) is 85.1 Å². The van der Waals surface area contributed by atoms with Crippen molar-refractivity contribution in [2.75, 3.05) is 41.0 Å². The number of rotatable bonds is 43. The fraction of sp³-hybridized carbons (Fsp3) is 0.685. The second kappa shape index (κ2) is 44.1. The number of hydrogen-bond acceptors (Lipinski definition) is 7. The highest BCUT2D eigenvalue weighted by Gasteiger charge is 2.25. The largest absolute Gasteiger partial charge is 0.544 e. The lowest BCUT2D eigenvalue weighted by atomic mass is 10.0. The summed E-state index contributed by atoms with van der Waals surface area (Å²) < 4.78 is 17.2. The van der Waals surface area contributed by atoms with Gasteiger partial charge in [0.15, 0.2) is 6.10 Å². The van der Waals surface area contributed by atoms with Gasteiger partial charge >= 0.3 is 11.9 Å². The van der Waals surface area contributed by atoms with Crippen LogP contribution in [0.2, 0.25) is 0 Å². The summed E-state index contributed by atoms with van der Waals surface area (Å²) in [4.78, 5) is 37.0. The summed E-state index contributed by atoms with van der Waals surface area (Å²) in [5.41, 5.74) is 0. The molecule has 0 aromatic heterocycles. The molecule has 0 N–H and O–H groups in total. The van der Waals surface area contributed by atoms with Crippen molar-refractivity contribution in [1.29, 1.82) is 0 Å². The van der Waals surface area contributed by atoms with Gasteiger partial charge in [-0.25, -0.2) is 0 Å². The maximum atomic E-state index is 12.7. The first-order valence-corrected chi connectivity index (χ1v) is 24.6. The molecule has 0 aromatic carbocycles. The molecule has 0 radical (unpaired) electrons. The third kappa shape index (κ3) is 41.8. The van der Waals surface area contributed by atoms with Crippen molar-refractivity contribution >= 4 is 17.9 Å². The number of carboxylic acids is 1. The van der Waals surface area contributed by atoms with E-state index in [2.05, 4.69) is 98.9 Å². The Labute approximate surface area is 380 Å². The van der Waals surface area contributed by atoms with Gasteiger partial charge in [0.25, 0.3) is 0 Å². The van der Waals surface area contributed by atoms with Gasteiger partial charge in [-0.05, 0) is 77.0 Å². The smallest absolute Gasteiger partial charge is 0.306 e. The fourth-order valence-corrected chi connectivity index (χ4v) is 6.79. The topological polar surface area (TPSA) is 102 Å². The quantitative estimate of drug-likeness (QED) is 0.0260. The maximum Gasteiger partial charge on any atom is 0.306 e. The number of unbranched alkanes of at least 4 members (excludes halogenated alkanes) is 15. The summed E-state index contributed by atoms with van der Waals surface area (Å²) in [6.07, 6.45) is 57.7. The number of nitrogens with zero attached hydrogens (tertiary/aromatic N) is 1. The molecule has 0 heterocycles. The predicted molar refractivity (Wildman–Crippen MR) is 258 cm³/mol. The first-order chi connectivity index (χ1) is 30.1. The van der Waals surface area contributed by atoms with E-state index in [0.717, 1.165) is 70.6 Å². The Kier molecular flexibility index (Phi) is 41.6. The van der Waals surface area contributed by atoms with Crippen LogP contribution in [0.4, 0.5) is 0 Å². The normalized spacial score (nSPS) is 13.6. The van der Waals surface area contributed by atoms with Crippen LogP contribution in [-0.2, 0) is 28.6 Å². The number of carboxylic acid groups (broad SMARTS) is 1. The summed E-state index contributed by atoms with van der Waals surface area (Å²) in [6, 6.07) is -0.740. The third-order valence-corrected chi connectivity index (χ3v) is 10.5. The van der Waals surface area contributed by atoms with Gasteiger partial charge in [0.2, 0.25) is 0 Å². The van der Waals surface area contributed by atoms with Gasteiger partial charge in [-0.3, -0.25) is 9.59 Å². The molecule has 0 bridgehead atoms. The van der Waals surface area contributed by atoms with Crippen molar-refractivity contribution in [3.63, 3.8) is 0 Å². The monoisotopic (exact) mass is 866 g/mol. The molecule has 62 heavy (non-hydrogen) atoms. The van der Waals surface area contributed by atoms with Crippen molar-refractivity contribution in [2.24, 2.45) is 0 Å². The second-order valence-electron chi connectivity index (χ2n) is 17.3.